The van der Waals surface area contributed by atoms with Gasteiger partial charge in [-0.1, -0.05) is 12.1 Å². The van der Waals surface area contributed by atoms with Gasteiger partial charge in [-0.05, 0) is 51.1 Å². The summed E-state index contributed by atoms with van der Waals surface area (Å²) in [5.41, 5.74) is 3.41. The lowest BCUT2D eigenvalue weighted by atomic mass is 10.2. The second kappa shape index (κ2) is 5.59. The smallest absolute Gasteiger partial charge is 0.0876 e. The van der Waals surface area contributed by atoms with E-state index < -0.39 is 0 Å². The predicted molar refractivity (Wildman–Crippen MR) is 82.9 cm³/mol. The SMILES string of the molecule is Brc1cc(CNc2ccccc2-n2cccn2)cs1. The van der Waals surface area contributed by atoms with Gasteiger partial charge in [0.2, 0.25) is 0 Å². The van der Waals surface area contributed by atoms with Crippen LogP contribution in [-0.2, 0) is 6.54 Å². The number of halogens is 1. The average molecular weight is 334 g/mol. The van der Waals surface area contributed by atoms with E-state index >= 15 is 0 Å². The number of anilines is 1. The van der Waals surface area contributed by atoms with Crippen LogP contribution >= 0.6 is 27.3 Å². The van der Waals surface area contributed by atoms with Gasteiger partial charge in [-0.25, -0.2) is 4.68 Å². The number of para-hydroxylation sites is 2. The minimum absolute atomic E-state index is 0.806. The van der Waals surface area contributed by atoms with Crippen LogP contribution in [0.3, 0.4) is 0 Å². The third-order valence-corrected chi connectivity index (χ3v) is 4.31. The van der Waals surface area contributed by atoms with Crippen molar-refractivity contribution in [2.24, 2.45) is 0 Å². The third kappa shape index (κ3) is 2.88. The van der Waals surface area contributed by atoms with Crippen LogP contribution in [-0.4, -0.2) is 9.78 Å². The van der Waals surface area contributed by atoms with Crippen molar-refractivity contribution in [3.05, 3.63) is 63.5 Å². The molecule has 3 nitrogen and oxygen atoms in total. The molecule has 0 aliphatic rings. The Morgan fingerprint density at radius 3 is 2.89 bits per heavy atom. The van der Waals surface area contributed by atoms with Crippen molar-refractivity contribution in [2.45, 2.75) is 6.54 Å². The van der Waals surface area contributed by atoms with Crippen molar-refractivity contribution in [2.75, 3.05) is 5.32 Å². The van der Waals surface area contributed by atoms with E-state index in [0.29, 0.717) is 0 Å². The number of aromatic nitrogens is 2. The molecule has 5 heteroatoms. The van der Waals surface area contributed by atoms with Gasteiger partial charge in [0.05, 0.1) is 15.2 Å². The minimum atomic E-state index is 0.806. The van der Waals surface area contributed by atoms with Crippen LogP contribution in [0.25, 0.3) is 5.69 Å². The Labute approximate surface area is 124 Å². The lowest BCUT2D eigenvalue weighted by Crippen LogP contribution is -2.04. The summed E-state index contributed by atoms with van der Waals surface area (Å²) in [5, 5.41) is 9.88. The number of hydrogen-bond donors (Lipinski definition) is 1. The fourth-order valence-corrected chi connectivity index (χ4v) is 3.08. The first-order valence-electron chi connectivity index (χ1n) is 5.89. The van der Waals surface area contributed by atoms with E-state index in [-0.39, 0.29) is 0 Å². The van der Waals surface area contributed by atoms with Crippen molar-refractivity contribution in [3.8, 4) is 5.69 Å². The topological polar surface area (TPSA) is 29.9 Å². The standard InChI is InChI=1S/C14H12BrN3S/c15-14-8-11(10-19-14)9-16-12-4-1-2-5-13(12)18-7-3-6-17-18/h1-8,10,16H,9H2. The van der Waals surface area contributed by atoms with Crippen LogP contribution in [0.5, 0.6) is 0 Å². The monoisotopic (exact) mass is 333 g/mol. The normalized spacial score (nSPS) is 10.6. The zero-order valence-corrected chi connectivity index (χ0v) is 12.5. The molecule has 0 amide bonds. The molecule has 0 spiro atoms. The number of hydrogen-bond acceptors (Lipinski definition) is 3. The molecule has 0 unspecified atom stereocenters. The highest BCUT2D eigenvalue weighted by atomic mass is 79.9. The summed E-state index contributed by atoms with van der Waals surface area (Å²) in [6.07, 6.45) is 3.73. The molecule has 2 heterocycles. The molecular formula is C14H12BrN3S. The van der Waals surface area contributed by atoms with Crippen LogP contribution in [0.15, 0.2) is 58.0 Å². The molecule has 0 saturated heterocycles. The van der Waals surface area contributed by atoms with Gasteiger partial charge < -0.3 is 5.32 Å². The number of nitrogens with one attached hydrogen (secondary N) is 1. The van der Waals surface area contributed by atoms with Gasteiger partial charge in [0.25, 0.3) is 0 Å². The van der Waals surface area contributed by atoms with Gasteiger partial charge in [-0.15, -0.1) is 11.3 Å². The molecule has 0 fully saturated rings. The summed E-state index contributed by atoms with van der Waals surface area (Å²) in [6, 6.07) is 12.2. The summed E-state index contributed by atoms with van der Waals surface area (Å²) in [6.45, 7) is 0.806. The van der Waals surface area contributed by atoms with Crippen molar-refractivity contribution in [1.29, 1.82) is 0 Å². The fourth-order valence-electron chi connectivity index (χ4n) is 1.87. The maximum absolute atomic E-state index is 4.28. The molecule has 0 bridgehead atoms. The summed E-state index contributed by atoms with van der Waals surface area (Å²) < 4.78 is 3.02. The highest BCUT2D eigenvalue weighted by Gasteiger charge is 2.04. The van der Waals surface area contributed by atoms with Gasteiger partial charge in [-0.3, -0.25) is 0 Å². The highest BCUT2D eigenvalue weighted by Crippen LogP contribution is 2.23. The van der Waals surface area contributed by atoms with Crippen LogP contribution in [0.1, 0.15) is 5.56 Å². The molecule has 3 aromatic rings. The van der Waals surface area contributed by atoms with Crippen molar-refractivity contribution >= 4 is 33.0 Å². The van der Waals surface area contributed by atoms with E-state index in [0.717, 1.165) is 21.7 Å². The highest BCUT2D eigenvalue weighted by molar-refractivity contribution is 9.11. The predicted octanol–water partition coefficient (Wildman–Crippen LogP) is 4.31. The van der Waals surface area contributed by atoms with E-state index in [9.17, 15) is 0 Å². The summed E-state index contributed by atoms with van der Waals surface area (Å²) >= 11 is 5.18. The second-order valence-electron chi connectivity index (χ2n) is 4.08. The van der Waals surface area contributed by atoms with E-state index in [1.165, 1.54) is 5.56 Å². The summed E-state index contributed by atoms with van der Waals surface area (Å²) in [5.74, 6) is 0. The lowest BCUT2D eigenvalue weighted by molar-refractivity contribution is 0.879. The Balaban J connectivity index is 1.81. The zero-order chi connectivity index (χ0) is 13.1. The molecule has 1 aromatic carbocycles. The molecule has 3 rings (SSSR count). The average Bonchev–Trinajstić information content (AvgIpc) is 3.08. The third-order valence-electron chi connectivity index (χ3n) is 2.76. The number of thiophene rings is 1. The summed E-state index contributed by atoms with van der Waals surface area (Å²) in [4.78, 5) is 0. The Bertz CT molecular complexity index is 661. The van der Waals surface area contributed by atoms with Crippen molar-refractivity contribution < 1.29 is 0 Å². The maximum Gasteiger partial charge on any atom is 0.0876 e. The van der Waals surface area contributed by atoms with Crippen LogP contribution in [0, 0.1) is 0 Å². The quantitative estimate of drug-likeness (QED) is 0.771. The van der Waals surface area contributed by atoms with Crippen LogP contribution < -0.4 is 5.32 Å². The molecule has 19 heavy (non-hydrogen) atoms. The Morgan fingerprint density at radius 1 is 1.26 bits per heavy atom. The largest absolute Gasteiger partial charge is 0.379 e. The van der Waals surface area contributed by atoms with Crippen LogP contribution in [0.2, 0.25) is 0 Å². The first-order valence-corrected chi connectivity index (χ1v) is 7.56. The number of nitrogens with zero attached hydrogens (tertiary/aromatic N) is 2. The molecular weight excluding hydrogens is 322 g/mol. The molecule has 0 aliphatic carbocycles. The van der Waals surface area contributed by atoms with Gasteiger partial charge in [0.1, 0.15) is 0 Å². The molecule has 0 atom stereocenters. The maximum atomic E-state index is 4.28. The Kier molecular flexibility index (Phi) is 3.66. The Hall–Kier alpha value is -1.59. The van der Waals surface area contributed by atoms with Gasteiger partial charge in [-0.2, -0.15) is 5.10 Å². The molecule has 0 aliphatic heterocycles. The van der Waals surface area contributed by atoms with E-state index in [1.54, 1.807) is 17.5 Å². The number of rotatable bonds is 4. The van der Waals surface area contributed by atoms with Gasteiger partial charge in [0.15, 0.2) is 0 Å². The van der Waals surface area contributed by atoms with Crippen molar-refractivity contribution in [3.63, 3.8) is 0 Å². The second-order valence-corrected chi connectivity index (χ2v) is 6.37. The minimum Gasteiger partial charge on any atom is -0.379 e. The van der Waals surface area contributed by atoms with Gasteiger partial charge >= 0.3 is 0 Å². The van der Waals surface area contributed by atoms with Crippen LogP contribution in [0.4, 0.5) is 5.69 Å². The zero-order valence-electron chi connectivity index (χ0n) is 10.1. The summed E-state index contributed by atoms with van der Waals surface area (Å²) in [7, 11) is 0. The van der Waals surface area contributed by atoms with Gasteiger partial charge in [0, 0.05) is 18.9 Å². The first-order chi connectivity index (χ1) is 9.33. The van der Waals surface area contributed by atoms with E-state index in [1.807, 2.05) is 29.1 Å². The van der Waals surface area contributed by atoms with E-state index in [2.05, 4.69) is 49.9 Å². The van der Waals surface area contributed by atoms with E-state index in [4.69, 9.17) is 0 Å². The van der Waals surface area contributed by atoms with Crippen molar-refractivity contribution in [1.82, 2.24) is 9.78 Å². The molecule has 0 radical (unpaired) electrons. The Morgan fingerprint density at radius 2 is 2.16 bits per heavy atom. The first kappa shape index (κ1) is 12.4. The number of benzene rings is 1. The molecule has 2 aromatic heterocycles. The molecule has 96 valence electrons. The molecule has 0 saturated carbocycles. The molecule has 1 N–H and O–H groups in total. The lowest BCUT2D eigenvalue weighted by Gasteiger charge is -2.11. The fraction of sp³-hybridized carbons (Fsp3) is 0.0714.